The second-order valence-electron chi connectivity index (χ2n) is 5.30. The van der Waals surface area contributed by atoms with Crippen LogP contribution in [0.25, 0.3) is 0 Å². The van der Waals surface area contributed by atoms with Gasteiger partial charge in [-0.2, -0.15) is 5.26 Å². The average Bonchev–Trinajstić information content (AvgIpc) is 2.95. The number of rotatable bonds is 5. The zero-order valence-corrected chi connectivity index (χ0v) is 13.1. The maximum atomic E-state index is 9.53. The first-order valence-electron chi connectivity index (χ1n) is 7.31. The third-order valence-electron chi connectivity index (χ3n) is 4.22. The molecule has 1 aromatic rings. The summed E-state index contributed by atoms with van der Waals surface area (Å²) >= 11 is 1.73. The van der Waals surface area contributed by atoms with Crippen LogP contribution in [0.5, 0.6) is 0 Å². The fourth-order valence-electron chi connectivity index (χ4n) is 3.18. The second kappa shape index (κ2) is 7.01. The molecular formula is C16H23N3S. The normalized spacial score (nSPS) is 21.7. The molecule has 3 nitrogen and oxygen atoms in total. The van der Waals surface area contributed by atoms with E-state index in [1.54, 1.807) is 11.8 Å². The molecule has 2 atom stereocenters. The minimum Gasteiger partial charge on any atom is -0.370 e. The Morgan fingerprint density at radius 1 is 1.45 bits per heavy atom. The smallest absolute Gasteiger partial charge is 0.103 e. The van der Waals surface area contributed by atoms with E-state index < -0.39 is 0 Å². The molecule has 1 saturated carbocycles. The van der Waals surface area contributed by atoms with E-state index >= 15 is 0 Å². The van der Waals surface area contributed by atoms with E-state index in [1.807, 2.05) is 6.07 Å². The van der Waals surface area contributed by atoms with Crippen LogP contribution in [0, 0.1) is 17.2 Å². The molecule has 0 radical (unpaired) electrons. The van der Waals surface area contributed by atoms with E-state index in [9.17, 15) is 5.26 Å². The molecule has 2 N–H and O–H groups in total. The molecule has 1 aliphatic carbocycles. The van der Waals surface area contributed by atoms with Crippen molar-refractivity contribution in [1.82, 2.24) is 0 Å². The molecule has 2 rings (SSSR count). The zero-order chi connectivity index (χ0) is 14.5. The lowest BCUT2D eigenvalue weighted by atomic mass is 10.0. The van der Waals surface area contributed by atoms with Crippen LogP contribution in [0.2, 0.25) is 0 Å². The second-order valence-corrected chi connectivity index (χ2v) is 6.61. The number of nitrogens with two attached hydrogens (primary N) is 1. The van der Waals surface area contributed by atoms with Gasteiger partial charge in [0.05, 0.1) is 11.3 Å². The van der Waals surface area contributed by atoms with Crippen molar-refractivity contribution in [2.45, 2.75) is 37.1 Å². The van der Waals surface area contributed by atoms with Gasteiger partial charge in [-0.05, 0) is 43.2 Å². The van der Waals surface area contributed by atoms with Gasteiger partial charge in [0, 0.05) is 18.0 Å². The maximum absolute atomic E-state index is 9.53. The van der Waals surface area contributed by atoms with Crippen molar-refractivity contribution in [2.75, 3.05) is 24.2 Å². The molecule has 108 valence electrons. The van der Waals surface area contributed by atoms with Crippen LogP contribution in [-0.2, 0) is 0 Å². The average molecular weight is 289 g/mol. The van der Waals surface area contributed by atoms with Gasteiger partial charge < -0.3 is 10.6 Å². The molecule has 0 saturated heterocycles. The molecule has 1 fully saturated rings. The summed E-state index contributed by atoms with van der Waals surface area (Å²) in [6.45, 7) is 2.85. The highest BCUT2D eigenvalue weighted by Gasteiger charge is 2.30. The summed E-state index contributed by atoms with van der Waals surface area (Å²) in [7, 11) is 2.11. The number of anilines is 1. The number of nitrogens with zero attached hydrogens (tertiary/aromatic N) is 2. The van der Waals surface area contributed by atoms with Crippen molar-refractivity contribution in [1.29, 1.82) is 5.26 Å². The quantitative estimate of drug-likeness (QED) is 0.846. The van der Waals surface area contributed by atoms with E-state index in [2.05, 4.69) is 37.1 Å². The van der Waals surface area contributed by atoms with E-state index in [4.69, 9.17) is 5.73 Å². The van der Waals surface area contributed by atoms with Crippen molar-refractivity contribution in [2.24, 2.45) is 11.7 Å². The standard InChI is InChI=1S/C16H23N3S/c1-3-20-16-9-5-8-15(13(16)11-18)19(2)14-7-4-6-12(14)10-17/h5,8-9,12,14H,3-4,6-7,10,17H2,1-2H3. The van der Waals surface area contributed by atoms with Gasteiger partial charge in [-0.25, -0.2) is 0 Å². The van der Waals surface area contributed by atoms with Gasteiger partial charge in [-0.3, -0.25) is 0 Å². The van der Waals surface area contributed by atoms with Crippen LogP contribution in [0.4, 0.5) is 5.69 Å². The Bertz CT molecular complexity index is 495. The first-order chi connectivity index (χ1) is 9.72. The van der Waals surface area contributed by atoms with Gasteiger partial charge in [0.15, 0.2) is 0 Å². The third-order valence-corrected chi connectivity index (χ3v) is 5.15. The van der Waals surface area contributed by atoms with Gasteiger partial charge >= 0.3 is 0 Å². The summed E-state index contributed by atoms with van der Waals surface area (Å²) in [4.78, 5) is 3.37. The summed E-state index contributed by atoms with van der Waals surface area (Å²) in [5, 5.41) is 9.53. The summed E-state index contributed by atoms with van der Waals surface area (Å²) < 4.78 is 0. The Morgan fingerprint density at radius 2 is 2.25 bits per heavy atom. The molecule has 1 aromatic carbocycles. The van der Waals surface area contributed by atoms with E-state index in [-0.39, 0.29) is 0 Å². The van der Waals surface area contributed by atoms with Crippen LogP contribution in [0.3, 0.4) is 0 Å². The van der Waals surface area contributed by atoms with Gasteiger partial charge in [-0.1, -0.05) is 19.4 Å². The first-order valence-corrected chi connectivity index (χ1v) is 8.30. The molecular weight excluding hydrogens is 266 g/mol. The number of thioether (sulfide) groups is 1. The molecule has 0 aromatic heterocycles. The number of nitriles is 1. The zero-order valence-electron chi connectivity index (χ0n) is 12.3. The van der Waals surface area contributed by atoms with Crippen LogP contribution < -0.4 is 10.6 Å². The summed E-state index contributed by atoms with van der Waals surface area (Å²) in [5.41, 5.74) is 7.75. The molecule has 0 heterocycles. The van der Waals surface area contributed by atoms with Crippen molar-refractivity contribution in [3.8, 4) is 6.07 Å². The van der Waals surface area contributed by atoms with Crippen molar-refractivity contribution in [3.05, 3.63) is 23.8 Å². The molecule has 1 aliphatic rings. The Balaban J connectivity index is 2.32. The van der Waals surface area contributed by atoms with Gasteiger partial charge in [0.2, 0.25) is 0 Å². The molecule has 0 aliphatic heterocycles. The molecule has 0 amide bonds. The fraction of sp³-hybridized carbons (Fsp3) is 0.562. The highest BCUT2D eigenvalue weighted by atomic mass is 32.2. The van der Waals surface area contributed by atoms with E-state index in [1.165, 1.54) is 19.3 Å². The summed E-state index contributed by atoms with van der Waals surface area (Å²) in [6.07, 6.45) is 3.62. The van der Waals surface area contributed by atoms with Crippen LogP contribution in [0.15, 0.2) is 23.1 Å². The summed E-state index contributed by atoms with van der Waals surface area (Å²) in [6, 6.07) is 9.01. The lowest BCUT2D eigenvalue weighted by Crippen LogP contribution is -2.38. The molecule has 20 heavy (non-hydrogen) atoms. The Morgan fingerprint density at radius 3 is 2.90 bits per heavy atom. The first kappa shape index (κ1) is 15.2. The Kier molecular flexibility index (Phi) is 5.33. The largest absolute Gasteiger partial charge is 0.370 e. The highest BCUT2D eigenvalue weighted by molar-refractivity contribution is 7.99. The minimum absolute atomic E-state index is 0.467. The van der Waals surface area contributed by atoms with Gasteiger partial charge in [-0.15, -0.1) is 11.8 Å². The number of hydrogen-bond acceptors (Lipinski definition) is 4. The Hall–Kier alpha value is -1.18. The number of hydrogen-bond donors (Lipinski definition) is 1. The van der Waals surface area contributed by atoms with Gasteiger partial charge in [0.1, 0.15) is 6.07 Å². The predicted octanol–water partition coefficient (Wildman–Crippen LogP) is 3.23. The van der Waals surface area contributed by atoms with E-state index in [0.29, 0.717) is 12.0 Å². The van der Waals surface area contributed by atoms with Gasteiger partial charge in [0.25, 0.3) is 0 Å². The molecule has 0 bridgehead atoms. The fourth-order valence-corrected chi connectivity index (χ4v) is 3.96. The Labute approximate surface area is 126 Å². The topological polar surface area (TPSA) is 53.0 Å². The third kappa shape index (κ3) is 2.94. The maximum Gasteiger partial charge on any atom is 0.103 e. The predicted molar refractivity (Wildman–Crippen MR) is 86.1 cm³/mol. The van der Waals surface area contributed by atoms with Crippen molar-refractivity contribution >= 4 is 17.4 Å². The molecule has 0 spiro atoms. The highest BCUT2D eigenvalue weighted by Crippen LogP contribution is 2.35. The SMILES string of the molecule is CCSc1cccc(N(C)C2CCCC2CN)c1C#N. The van der Waals surface area contributed by atoms with Crippen molar-refractivity contribution in [3.63, 3.8) is 0 Å². The molecule has 4 heteroatoms. The van der Waals surface area contributed by atoms with Crippen LogP contribution in [0.1, 0.15) is 31.7 Å². The number of benzene rings is 1. The molecule has 2 unspecified atom stereocenters. The lowest BCUT2D eigenvalue weighted by Gasteiger charge is -2.32. The monoisotopic (exact) mass is 289 g/mol. The lowest BCUT2D eigenvalue weighted by molar-refractivity contribution is 0.474. The summed E-state index contributed by atoms with van der Waals surface area (Å²) in [5.74, 6) is 1.53. The van der Waals surface area contributed by atoms with Crippen LogP contribution in [-0.4, -0.2) is 25.4 Å². The van der Waals surface area contributed by atoms with Crippen LogP contribution >= 0.6 is 11.8 Å². The minimum atomic E-state index is 0.467. The van der Waals surface area contributed by atoms with E-state index in [0.717, 1.165) is 28.4 Å². The van der Waals surface area contributed by atoms with Crippen molar-refractivity contribution < 1.29 is 0 Å².